The Bertz CT molecular complexity index is 568. The zero-order chi connectivity index (χ0) is 13.9. The summed E-state index contributed by atoms with van der Waals surface area (Å²) >= 11 is 0. The molecule has 0 aromatic carbocycles. The van der Waals surface area contributed by atoms with Crippen molar-refractivity contribution in [2.75, 3.05) is 30.9 Å². The standard InChI is InChI=1S/C11H16N8O/c1-20-5-4-18(8-2-3-8)10-15-9(12)16-11(17-10)19-7-13-6-14-19/h6-8H,2-5H2,1H3,(H2,12,15,16,17). The molecule has 0 aliphatic heterocycles. The fourth-order valence-corrected chi connectivity index (χ4v) is 1.93. The molecule has 0 saturated heterocycles. The van der Waals surface area contributed by atoms with Crippen molar-refractivity contribution in [3.8, 4) is 5.95 Å². The third kappa shape index (κ3) is 2.67. The average molecular weight is 276 g/mol. The Kier molecular flexibility index (Phi) is 3.42. The first kappa shape index (κ1) is 12.7. The van der Waals surface area contributed by atoms with E-state index in [4.69, 9.17) is 10.5 Å². The monoisotopic (exact) mass is 276 g/mol. The summed E-state index contributed by atoms with van der Waals surface area (Å²) in [6, 6.07) is 0.454. The first-order valence-corrected chi connectivity index (χ1v) is 6.40. The summed E-state index contributed by atoms with van der Waals surface area (Å²) in [6.45, 7) is 1.34. The number of aromatic nitrogens is 6. The van der Waals surface area contributed by atoms with E-state index in [-0.39, 0.29) is 5.95 Å². The number of rotatable bonds is 6. The van der Waals surface area contributed by atoms with Crippen LogP contribution in [0.15, 0.2) is 12.7 Å². The van der Waals surface area contributed by atoms with Gasteiger partial charge in [0.1, 0.15) is 12.7 Å². The largest absolute Gasteiger partial charge is 0.383 e. The van der Waals surface area contributed by atoms with E-state index in [9.17, 15) is 0 Å². The lowest BCUT2D eigenvalue weighted by molar-refractivity contribution is 0.204. The minimum Gasteiger partial charge on any atom is -0.383 e. The molecule has 3 rings (SSSR count). The van der Waals surface area contributed by atoms with Crippen LogP contribution in [0.2, 0.25) is 0 Å². The van der Waals surface area contributed by atoms with Gasteiger partial charge < -0.3 is 15.4 Å². The second-order valence-electron chi connectivity index (χ2n) is 4.55. The van der Waals surface area contributed by atoms with Gasteiger partial charge >= 0.3 is 0 Å². The highest BCUT2D eigenvalue weighted by Gasteiger charge is 2.31. The quantitative estimate of drug-likeness (QED) is 0.762. The minimum absolute atomic E-state index is 0.170. The van der Waals surface area contributed by atoms with Gasteiger partial charge in [0.2, 0.25) is 11.9 Å². The van der Waals surface area contributed by atoms with Crippen LogP contribution in [0.25, 0.3) is 5.95 Å². The first-order chi connectivity index (χ1) is 9.78. The van der Waals surface area contributed by atoms with Gasteiger partial charge in [-0.2, -0.15) is 24.7 Å². The zero-order valence-electron chi connectivity index (χ0n) is 11.2. The first-order valence-electron chi connectivity index (χ1n) is 6.40. The summed E-state index contributed by atoms with van der Waals surface area (Å²) in [5.41, 5.74) is 5.77. The van der Waals surface area contributed by atoms with E-state index in [0.29, 0.717) is 24.5 Å². The number of ether oxygens (including phenoxy) is 1. The highest BCUT2D eigenvalue weighted by molar-refractivity contribution is 5.40. The molecule has 2 N–H and O–H groups in total. The Labute approximate surface area is 115 Å². The fraction of sp³-hybridized carbons (Fsp3) is 0.545. The number of nitrogens with two attached hydrogens (primary N) is 1. The van der Waals surface area contributed by atoms with Gasteiger partial charge in [-0.3, -0.25) is 0 Å². The summed E-state index contributed by atoms with van der Waals surface area (Å²) in [4.78, 5) is 18.7. The number of anilines is 2. The van der Waals surface area contributed by atoms with Gasteiger partial charge in [-0.25, -0.2) is 4.98 Å². The van der Waals surface area contributed by atoms with Crippen LogP contribution in [0.1, 0.15) is 12.8 Å². The molecule has 1 aliphatic rings. The summed E-state index contributed by atoms with van der Waals surface area (Å²) in [5.74, 6) is 1.10. The number of nitrogen functional groups attached to an aromatic ring is 1. The van der Waals surface area contributed by atoms with Crippen LogP contribution in [0.4, 0.5) is 11.9 Å². The molecule has 9 nitrogen and oxygen atoms in total. The van der Waals surface area contributed by atoms with Crippen molar-refractivity contribution in [3.05, 3.63) is 12.7 Å². The van der Waals surface area contributed by atoms with Crippen molar-refractivity contribution in [1.29, 1.82) is 0 Å². The molecule has 20 heavy (non-hydrogen) atoms. The Hall–Kier alpha value is -2.29. The van der Waals surface area contributed by atoms with Gasteiger partial charge in [-0.05, 0) is 12.8 Å². The van der Waals surface area contributed by atoms with E-state index < -0.39 is 0 Å². The van der Waals surface area contributed by atoms with Crippen molar-refractivity contribution >= 4 is 11.9 Å². The Morgan fingerprint density at radius 2 is 2.25 bits per heavy atom. The summed E-state index contributed by atoms with van der Waals surface area (Å²) in [5, 5.41) is 4.00. The van der Waals surface area contributed by atoms with Crippen LogP contribution in [0.5, 0.6) is 0 Å². The highest BCUT2D eigenvalue weighted by Crippen LogP contribution is 2.29. The van der Waals surface area contributed by atoms with E-state index in [1.807, 2.05) is 0 Å². The van der Waals surface area contributed by atoms with Gasteiger partial charge in [0.15, 0.2) is 0 Å². The van der Waals surface area contributed by atoms with Gasteiger partial charge in [-0.1, -0.05) is 0 Å². The smallest absolute Gasteiger partial charge is 0.258 e. The van der Waals surface area contributed by atoms with Crippen molar-refractivity contribution < 1.29 is 4.74 Å². The molecule has 0 bridgehead atoms. The average Bonchev–Trinajstić information content (AvgIpc) is 3.12. The third-order valence-corrected chi connectivity index (χ3v) is 3.03. The van der Waals surface area contributed by atoms with E-state index in [0.717, 1.165) is 19.4 Å². The number of methoxy groups -OCH3 is 1. The van der Waals surface area contributed by atoms with Gasteiger partial charge in [0.25, 0.3) is 5.95 Å². The maximum Gasteiger partial charge on any atom is 0.258 e. The molecule has 0 unspecified atom stereocenters. The second kappa shape index (κ2) is 5.37. The molecule has 106 valence electrons. The molecule has 1 fully saturated rings. The van der Waals surface area contributed by atoms with Crippen LogP contribution in [-0.4, -0.2) is 56.0 Å². The van der Waals surface area contributed by atoms with Crippen LogP contribution >= 0.6 is 0 Å². The molecule has 0 atom stereocenters. The Balaban J connectivity index is 1.91. The molecule has 1 saturated carbocycles. The van der Waals surface area contributed by atoms with E-state index in [1.54, 1.807) is 7.11 Å². The molecule has 0 amide bonds. The molecule has 1 aliphatic carbocycles. The van der Waals surface area contributed by atoms with Crippen LogP contribution < -0.4 is 10.6 Å². The molecular weight excluding hydrogens is 260 g/mol. The lowest BCUT2D eigenvalue weighted by Gasteiger charge is -2.22. The second-order valence-corrected chi connectivity index (χ2v) is 4.55. The normalized spacial score (nSPS) is 14.4. The van der Waals surface area contributed by atoms with Crippen molar-refractivity contribution in [1.82, 2.24) is 29.7 Å². The molecule has 0 radical (unpaired) electrons. The maximum atomic E-state index is 5.77. The SMILES string of the molecule is COCCN(c1nc(N)nc(-n2cncn2)n1)C1CC1. The van der Waals surface area contributed by atoms with Gasteiger partial charge in [-0.15, -0.1) is 0 Å². The minimum atomic E-state index is 0.170. The number of hydrogen-bond acceptors (Lipinski definition) is 8. The fourth-order valence-electron chi connectivity index (χ4n) is 1.93. The van der Waals surface area contributed by atoms with Gasteiger partial charge in [0, 0.05) is 19.7 Å². The lowest BCUT2D eigenvalue weighted by Crippen LogP contribution is -2.32. The zero-order valence-corrected chi connectivity index (χ0v) is 11.2. The van der Waals surface area contributed by atoms with Crippen molar-refractivity contribution in [3.63, 3.8) is 0 Å². The number of nitrogens with zero attached hydrogens (tertiary/aromatic N) is 7. The molecule has 2 aromatic heterocycles. The van der Waals surface area contributed by atoms with Crippen LogP contribution in [0, 0.1) is 0 Å². The predicted molar refractivity (Wildman–Crippen MR) is 71.4 cm³/mol. The predicted octanol–water partition coefficient (Wildman–Crippen LogP) is -0.350. The van der Waals surface area contributed by atoms with Gasteiger partial charge in [0.05, 0.1) is 6.61 Å². The van der Waals surface area contributed by atoms with Crippen LogP contribution in [0.3, 0.4) is 0 Å². The molecule has 9 heteroatoms. The Morgan fingerprint density at radius 1 is 1.40 bits per heavy atom. The van der Waals surface area contributed by atoms with E-state index in [2.05, 4.69) is 29.9 Å². The molecule has 2 aromatic rings. The molecular formula is C11H16N8O. The lowest BCUT2D eigenvalue weighted by atomic mass is 10.5. The summed E-state index contributed by atoms with van der Waals surface area (Å²) in [6.07, 6.45) is 5.21. The summed E-state index contributed by atoms with van der Waals surface area (Å²) in [7, 11) is 1.67. The molecule has 0 spiro atoms. The summed E-state index contributed by atoms with van der Waals surface area (Å²) < 4.78 is 6.59. The van der Waals surface area contributed by atoms with E-state index in [1.165, 1.54) is 17.3 Å². The van der Waals surface area contributed by atoms with Crippen LogP contribution in [-0.2, 0) is 4.74 Å². The number of hydrogen-bond donors (Lipinski definition) is 1. The molecule has 2 heterocycles. The topological polar surface area (TPSA) is 108 Å². The third-order valence-electron chi connectivity index (χ3n) is 3.03. The highest BCUT2D eigenvalue weighted by atomic mass is 16.5. The van der Waals surface area contributed by atoms with E-state index >= 15 is 0 Å². The van der Waals surface area contributed by atoms with Crippen molar-refractivity contribution in [2.45, 2.75) is 18.9 Å². The Morgan fingerprint density at radius 3 is 2.90 bits per heavy atom. The maximum absolute atomic E-state index is 5.77. The van der Waals surface area contributed by atoms with Crippen molar-refractivity contribution in [2.24, 2.45) is 0 Å².